The van der Waals surface area contributed by atoms with Crippen LogP contribution in [0.25, 0.3) is 0 Å². The van der Waals surface area contributed by atoms with Crippen LogP contribution >= 0.6 is 0 Å². The number of nitrogen functional groups attached to an aromatic ring is 1. The fourth-order valence-corrected chi connectivity index (χ4v) is 3.86. The minimum absolute atomic E-state index is 0.00749. The van der Waals surface area contributed by atoms with Crippen LogP contribution in [0.15, 0.2) is 23.1 Å². The average molecular weight is 314 g/mol. The number of hydrogen-bond acceptors (Lipinski definition) is 6. The van der Waals surface area contributed by atoms with Crippen molar-refractivity contribution in [3.8, 4) is 0 Å². The van der Waals surface area contributed by atoms with Crippen molar-refractivity contribution >= 4 is 21.7 Å². The summed E-state index contributed by atoms with van der Waals surface area (Å²) in [5, 5.41) is 0. The molecule has 0 spiro atoms. The summed E-state index contributed by atoms with van der Waals surface area (Å²) >= 11 is 0. The molecular weight excluding hydrogens is 296 g/mol. The van der Waals surface area contributed by atoms with Crippen LogP contribution in [0, 0.1) is 0 Å². The number of nitrogens with two attached hydrogens (primary N) is 1. The van der Waals surface area contributed by atoms with E-state index in [0.717, 1.165) is 0 Å². The number of hydrogen-bond donors (Lipinski definition) is 1. The lowest BCUT2D eigenvalue weighted by Gasteiger charge is -2.17. The molecule has 2 N–H and O–H groups in total. The molecule has 1 aromatic carbocycles. The standard InChI is InChI=1S/C13H18N2O5S/c1-19-10-5-6-15(8-10)21(17,18)12-4-3-9(7-11(12)14)13(16)20-2/h3-4,7,10H,5-6,8,14H2,1-2H3. The molecule has 1 aliphatic rings. The summed E-state index contributed by atoms with van der Waals surface area (Å²) in [6.45, 7) is 0.691. The van der Waals surface area contributed by atoms with Crippen LogP contribution in [-0.2, 0) is 19.5 Å². The van der Waals surface area contributed by atoms with E-state index >= 15 is 0 Å². The van der Waals surface area contributed by atoms with Gasteiger partial charge in [0.1, 0.15) is 4.90 Å². The molecule has 1 unspecified atom stereocenters. The SMILES string of the molecule is COC(=O)c1ccc(S(=O)(=O)N2CCC(OC)C2)c(N)c1. The summed E-state index contributed by atoms with van der Waals surface area (Å²) in [6, 6.07) is 4.03. The van der Waals surface area contributed by atoms with Gasteiger partial charge in [-0.25, -0.2) is 13.2 Å². The molecule has 0 aliphatic carbocycles. The number of ether oxygens (including phenoxy) is 2. The Labute approximate surface area is 123 Å². The van der Waals surface area contributed by atoms with Crippen molar-refractivity contribution in [3.05, 3.63) is 23.8 Å². The molecular formula is C13H18N2O5S. The Morgan fingerprint density at radius 3 is 2.62 bits per heavy atom. The van der Waals surface area contributed by atoms with Crippen LogP contribution in [0.1, 0.15) is 16.8 Å². The fourth-order valence-electron chi connectivity index (χ4n) is 2.28. The second-order valence-electron chi connectivity index (χ2n) is 4.75. The van der Waals surface area contributed by atoms with Crippen LogP contribution in [0.2, 0.25) is 0 Å². The predicted molar refractivity (Wildman–Crippen MR) is 76.4 cm³/mol. The van der Waals surface area contributed by atoms with Gasteiger partial charge in [-0.3, -0.25) is 0 Å². The molecule has 1 heterocycles. The van der Waals surface area contributed by atoms with E-state index in [1.807, 2.05) is 0 Å². The Hall–Kier alpha value is -1.64. The minimum atomic E-state index is -3.69. The van der Waals surface area contributed by atoms with E-state index < -0.39 is 16.0 Å². The maximum atomic E-state index is 12.5. The lowest BCUT2D eigenvalue weighted by molar-refractivity contribution is 0.0600. The maximum Gasteiger partial charge on any atom is 0.337 e. The number of esters is 1. The highest BCUT2D eigenvalue weighted by Crippen LogP contribution is 2.27. The molecule has 0 bridgehead atoms. The van der Waals surface area contributed by atoms with Gasteiger partial charge in [0.2, 0.25) is 10.0 Å². The summed E-state index contributed by atoms with van der Waals surface area (Å²) < 4.78 is 36.2. The molecule has 0 amide bonds. The second kappa shape index (κ2) is 6.00. The Morgan fingerprint density at radius 2 is 2.10 bits per heavy atom. The summed E-state index contributed by atoms with van der Waals surface area (Å²) in [5.74, 6) is -0.564. The van der Waals surface area contributed by atoms with Gasteiger partial charge < -0.3 is 15.2 Å². The van der Waals surface area contributed by atoms with Gasteiger partial charge in [-0.15, -0.1) is 0 Å². The number of rotatable bonds is 4. The van der Waals surface area contributed by atoms with Crippen molar-refractivity contribution in [3.63, 3.8) is 0 Å². The minimum Gasteiger partial charge on any atom is -0.465 e. The summed E-state index contributed by atoms with van der Waals surface area (Å²) in [7, 11) is -0.881. The van der Waals surface area contributed by atoms with E-state index in [0.29, 0.717) is 19.5 Å². The topological polar surface area (TPSA) is 98.9 Å². The van der Waals surface area contributed by atoms with Gasteiger partial charge in [0, 0.05) is 20.2 Å². The van der Waals surface area contributed by atoms with Crippen LogP contribution in [0.3, 0.4) is 0 Å². The molecule has 1 aromatic rings. The van der Waals surface area contributed by atoms with Gasteiger partial charge >= 0.3 is 5.97 Å². The fraction of sp³-hybridized carbons (Fsp3) is 0.462. The zero-order chi connectivity index (χ0) is 15.6. The lowest BCUT2D eigenvalue weighted by atomic mass is 10.2. The van der Waals surface area contributed by atoms with Crippen LogP contribution in [0.4, 0.5) is 5.69 Å². The van der Waals surface area contributed by atoms with Crippen molar-refractivity contribution < 1.29 is 22.7 Å². The van der Waals surface area contributed by atoms with E-state index in [1.165, 1.54) is 29.6 Å². The number of methoxy groups -OCH3 is 2. The van der Waals surface area contributed by atoms with Gasteiger partial charge in [0.25, 0.3) is 0 Å². The molecule has 0 radical (unpaired) electrons. The van der Waals surface area contributed by atoms with Crippen LogP contribution in [-0.4, -0.2) is 52.1 Å². The van der Waals surface area contributed by atoms with Crippen molar-refractivity contribution in [2.75, 3.05) is 33.0 Å². The highest BCUT2D eigenvalue weighted by atomic mass is 32.2. The number of carbonyl (C=O) groups excluding carboxylic acids is 1. The molecule has 1 aliphatic heterocycles. The van der Waals surface area contributed by atoms with E-state index in [9.17, 15) is 13.2 Å². The molecule has 21 heavy (non-hydrogen) atoms. The molecule has 0 saturated carbocycles. The van der Waals surface area contributed by atoms with Gasteiger partial charge in [0.15, 0.2) is 0 Å². The normalized spacial score (nSPS) is 19.6. The molecule has 7 nitrogen and oxygen atoms in total. The summed E-state index contributed by atoms with van der Waals surface area (Å²) in [6.07, 6.45) is 0.547. The van der Waals surface area contributed by atoms with Gasteiger partial charge in [-0.1, -0.05) is 0 Å². The molecule has 2 rings (SSSR count). The first-order chi connectivity index (χ1) is 9.90. The van der Waals surface area contributed by atoms with Gasteiger partial charge in [-0.05, 0) is 24.6 Å². The lowest BCUT2D eigenvalue weighted by Crippen LogP contribution is -2.30. The summed E-state index contributed by atoms with van der Waals surface area (Å²) in [5.41, 5.74) is 6.03. The van der Waals surface area contributed by atoms with Crippen LogP contribution < -0.4 is 5.73 Å². The Bertz CT molecular complexity index is 644. The first kappa shape index (κ1) is 15.7. The zero-order valence-electron chi connectivity index (χ0n) is 11.9. The highest BCUT2D eigenvalue weighted by molar-refractivity contribution is 7.89. The van der Waals surface area contributed by atoms with Crippen LogP contribution in [0.5, 0.6) is 0 Å². The molecule has 1 fully saturated rings. The van der Waals surface area contributed by atoms with Crippen molar-refractivity contribution in [1.82, 2.24) is 4.31 Å². The molecule has 8 heteroatoms. The van der Waals surface area contributed by atoms with Crippen molar-refractivity contribution in [2.24, 2.45) is 0 Å². The maximum absolute atomic E-state index is 12.5. The van der Waals surface area contributed by atoms with E-state index in [1.54, 1.807) is 7.11 Å². The summed E-state index contributed by atoms with van der Waals surface area (Å²) in [4.78, 5) is 11.4. The predicted octanol–water partition coefficient (Wildman–Crippen LogP) is 0.465. The van der Waals surface area contributed by atoms with Gasteiger partial charge in [0.05, 0.1) is 24.5 Å². The largest absolute Gasteiger partial charge is 0.465 e. The van der Waals surface area contributed by atoms with Gasteiger partial charge in [-0.2, -0.15) is 4.31 Å². The van der Waals surface area contributed by atoms with E-state index in [2.05, 4.69) is 4.74 Å². The van der Waals surface area contributed by atoms with E-state index in [-0.39, 0.29) is 22.3 Å². The monoisotopic (exact) mass is 314 g/mol. The quantitative estimate of drug-likeness (QED) is 0.640. The highest BCUT2D eigenvalue weighted by Gasteiger charge is 2.33. The average Bonchev–Trinajstić information content (AvgIpc) is 2.95. The third kappa shape index (κ3) is 3.02. The third-order valence-electron chi connectivity index (χ3n) is 3.49. The molecule has 0 aromatic heterocycles. The number of nitrogens with zero attached hydrogens (tertiary/aromatic N) is 1. The second-order valence-corrected chi connectivity index (χ2v) is 6.66. The number of benzene rings is 1. The number of sulfonamides is 1. The Balaban J connectivity index is 2.31. The Morgan fingerprint density at radius 1 is 1.38 bits per heavy atom. The zero-order valence-corrected chi connectivity index (χ0v) is 12.7. The third-order valence-corrected chi connectivity index (χ3v) is 5.43. The number of anilines is 1. The molecule has 1 saturated heterocycles. The first-order valence-electron chi connectivity index (χ1n) is 6.41. The van der Waals surface area contributed by atoms with E-state index in [4.69, 9.17) is 10.5 Å². The molecule has 1 atom stereocenters. The molecule has 116 valence electrons. The number of carbonyl (C=O) groups is 1. The first-order valence-corrected chi connectivity index (χ1v) is 7.85. The van der Waals surface area contributed by atoms with Crippen molar-refractivity contribution in [1.29, 1.82) is 0 Å². The van der Waals surface area contributed by atoms with Crippen molar-refractivity contribution in [2.45, 2.75) is 17.4 Å². The smallest absolute Gasteiger partial charge is 0.337 e. The Kier molecular flexibility index (Phi) is 4.50.